The number of likely N-dealkylation sites (tertiary alicyclic amines) is 1. The van der Waals surface area contributed by atoms with Crippen molar-refractivity contribution in [2.24, 2.45) is 11.8 Å². The number of morpholine rings is 1. The Morgan fingerprint density at radius 2 is 2.08 bits per heavy atom. The van der Waals surface area contributed by atoms with Crippen molar-refractivity contribution in [2.75, 3.05) is 44.3 Å². The lowest BCUT2D eigenvalue weighted by atomic mass is 9.91. The van der Waals surface area contributed by atoms with Gasteiger partial charge in [-0.25, -0.2) is 9.78 Å². The van der Waals surface area contributed by atoms with Crippen molar-refractivity contribution in [2.45, 2.75) is 19.9 Å². The molecule has 2 amide bonds. The fourth-order valence-corrected chi connectivity index (χ4v) is 3.49. The Morgan fingerprint density at radius 3 is 2.73 bits per heavy atom. The summed E-state index contributed by atoms with van der Waals surface area (Å²) in [5, 5.41) is 12.1. The van der Waals surface area contributed by atoms with Crippen molar-refractivity contribution in [3.8, 4) is 0 Å². The van der Waals surface area contributed by atoms with E-state index in [4.69, 9.17) is 4.74 Å². The van der Waals surface area contributed by atoms with Gasteiger partial charge in [0.2, 0.25) is 0 Å². The quantitative estimate of drug-likeness (QED) is 0.835. The van der Waals surface area contributed by atoms with Gasteiger partial charge in [-0.3, -0.25) is 4.79 Å². The van der Waals surface area contributed by atoms with E-state index in [1.54, 1.807) is 11.1 Å². The number of nitrogens with one attached hydrogen (secondary N) is 1. The molecule has 1 aromatic heterocycles. The standard InChI is InChI=1S/C18H26N4O4/c1-13-8-15(17(23)24)12-22(11-13)18(25)20-10-14-2-3-16(19-9-14)21-4-6-26-7-5-21/h2-3,9,13,15H,4-8,10-12H2,1H3,(H,20,25)(H,23,24). The number of urea groups is 1. The van der Waals surface area contributed by atoms with E-state index in [2.05, 4.69) is 15.2 Å². The van der Waals surface area contributed by atoms with Crippen LogP contribution in [0.4, 0.5) is 10.6 Å². The van der Waals surface area contributed by atoms with Gasteiger partial charge in [-0.2, -0.15) is 0 Å². The van der Waals surface area contributed by atoms with Crippen LogP contribution in [-0.2, 0) is 16.1 Å². The summed E-state index contributed by atoms with van der Waals surface area (Å²) in [5.74, 6) is -0.223. The first-order chi connectivity index (χ1) is 12.5. The van der Waals surface area contributed by atoms with Gasteiger partial charge in [0, 0.05) is 38.9 Å². The molecule has 2 aliphatic rings. The molecular weight excluding hydrogens is 336 g/mol. The summed E-state index contributed by atoms with van der Waals surface area (Å²) in [6, 6.07) is 3.69. The molecule has 2 saturated heterocycles. The van der Waals surface area contributed by atoms with Gasteiger partial charge in [-0.05, 0) is 24.0 Å². The van der Waals surface area contributed by atoms with Crippen LogP contribution in [0.1, 0.15) is 18.9 Å². The Labute approximate surface area is 153 Å². The zero-order valence-electron chi connectivity index (χ0n) is 15.1. The summed E-state index contributed by atoms with van der Waals surface area (Å²) in [6.07, 6.45) is 2.38. The van der Waals surface area contributed by atoms with Crippen molar-refractivity contribution in [3.05, 3.63) is 23.9 Å². The first kappa shape index (κ1) is 18.4. The van der Waals surface area contributed by atoms with Crippen LogP contribution in [0.15, 0.2) is 18.3 Å². The van der Waals surface area contributed by atoms with Gasteiger partial charge < -0.3 is 25.0 Å². The highest BCUT2D eigenvalue weighted by atomic mass is 16.5. The number of aliphatic carboxylic acids is 1. The Morgan fingerprint density at radius 1 is 1.31 bits per heavy atom. The number of hydrogen-bond donors (Lipinski definition) is 2. The number of pyridine rings is 1. The number of carbonyl (C=O) groups is 2. The lowest BCUT2D eigenvalue weighted by Crippen LogP contribution is -2.49. The van der Waals surface area contributed by atoms with E-state index < -0.39 is 11.9 Å². The minimum Gasteiger partial charge on any atom is -0.481 e. The van der Waals surface area contributed by atoms with Crippen LogP contribution >= 0.6 is 0 Å². The van der Waals surface area contributed by atoms with Gasteiger partial charge in [0.05, 0.1) is 19.1 Å². The summed E-state index contributed by atoms with van der Waals surface area (Å²) in [6.45, 7) is 6.29. The monoisotopic (exact) mass is 362 g/mol. The third kappa shape index (κ3) is 4.63. The highest BCUT2D eigenvalue weighted by molar-refractivity contribution is 5.76. The van der Waals surface area contributed by atoms with Gasteiger partial charge in [0.25, 0.3) is 0 Å². The second kappa shape index (κ2) is 8.35. The van der Waals surface area contributed by atoms with Crippen LogP contribution < -0.4 is 10.2 Å². The zero-order valence-corrected chi connectivity index (χ0v) is 15.1. The Hall–Kier alpha value is -2.35. The third-order valence-electron chi connectivity index (χ3n) is 4.88. The van der Waals surface area contributed by atoms with Gasteiger partial charge in [0.15, 0.2) is 0 Å². The average molecular weight is 362 g/mol. The number of carboxylic acid groups (broad SMARTS) is 1. The molecule has 2 unspecified atom stereocenters. The van der Waals surface area contributed by atoms with Gasteiger partial charge in [0.1, 0.15) is 5.82 Å². The van der Waals surface area contributed by atoms with E-state index in [0.717, 1.165) is 24.5 Å². The number of amides is 2. The molecule has 0 spiro atoms. The van der Waals surface area contributed by atoms with Crippen molar-refractivity contribution < 1.29 is 19.4 Å². The second-order valence-electron chi connectivity index (χ2n) is 7.06. The Balaban J connectivity index is 1.51. The van der Waals surface area contributed by atoms with Gasteiger partial charge in [-0.1, -0.05) is 13.0 Å². The molecule has 3 heterocycles. The Bertz CT molecular complexity index is 631. The first-order valence-electron chi connectivity index (χ1n) is 9.06. The summed E-state index contributed by atoms with van der Waals surface area (Å²) in [5.41, 5.74) is 0.912. The number of nitrogens with zero attached hydrogens (tertiary/aromatic N) is 3. The molecule has 2 N–H and O–H groups in total. The zero-order chi connectivity index (χ0) is 18.5. The molecule has 0 bridgehead atoms. The molecule has 2 aliphatic heterocycles. The van der Waals surface area contributed by atoms with E-state index >= 15 is 0 Å². The molecule has 1 aromatic rings. The lowest BCUT2D eigenvalue weighted by Gasteiger charge is -2.34. The van der Waals surface area contributed by atoms with Crippen LogP contribution in [0.5, 0.6) is 0 Å². The number of aromatic nitrogens is 1. The summed E-state index contributed by atoms with van der Waals surface area (Å²) in [7, 11) is 0. The average Bonchev–Trinajstić information content (AvgIpc) is 2.66. The molecule has 8 heteroatoms. The van der Waals surface area contributed by atoms with Gasteiger partial charge in [-0.15, -0.1) is 0 Å². The molecule has 26 heavy (non-hydrogen) atoms. The molecule has 2 fully saturated rings. The molecule has 142 valence electrons. The highest BCUT2D eigenvalue weighted by Gasteiger charge is 2.31. The predicted molar refractivity (Wildman–Crippen MR) is 96.0 cm³/mol. The minimum atomic E-state index is -0.836. The SMILES string of the molecule is CC1CC(C(=O)O)CN(C(=O)NCc2ccc(N3CCOCC3)nc2)C1. The van der Waals surface area contributed by atoms with Crippen LogP contribution in [0, 0.1) is 11.8 Å². The number of carbonyl (C=O) groups excluding carboxylic acids is 1. The van der Waals surface area contributed by atoms with E-state index in [-0.39, 0.29) is 18.5 Å². The molecule has 3 rings (SSSR count). The Kier molecular flexibility index (Phi) is 5.92. The van der Waals surface area contributed by atoms with E-state index in [1.807, 2.05) is 19.1 Å². The highest BCUT2D eigenvalue weighted by Crippen LogP contribution is 2.22. The molecule has 0 radical (unpaired) electrons. The number of piperidine rings is 1. The van der Waals surface area contributed by atoms with Crippen LogP contribution in [0.2, 0.25) is 0 Å². The largest absolute Gasteiger partial charge is 0.481 e. The maximum Gasteiger partial charge on any atom is 0.317 e. The normalized spacial score (nSPS) is 23.6. The predicted octanol–water partition coefficient (Wildman–Crippen LogP) is 1.17. The summed E-state index contributed by atoms with van der Waals surface area (Å²) in [4.78, 5) is 31.9. The van der Waals surface area contributed by atoms with Crippen molar-refractivity contribution >= 4 is 17.8 Å². The fourth-order valence-electron chi connectivity index (χ4n) is 3.49. The van der Waals surface area contributed by atoms with Crippen LogP contribution in [-0.4, -0.2) is 66.4 Å². The smallest absolute Gasteiger partial charge is 0.317 e. The van der Waals surface area contributed by atoms with Gasteiger partial charge >= 0.3 is 12.0 Å². The maximum atomic E-state index is 12.4. The molecular formula is C18H26N4O4. The molecule has 0 aliphatic carbocycles. The van der Waals surface area contributed by atoms with Crippen LogP contribution in [0.3, 0.4) is 0 Å². The van der Waals surface area contributed by atoms with E-state index in [0.29, 0.717) is 32.7 Å². The third-order valence-corrected chi connectivity index (χ3v) is 4.88. The number of ether oxygens (including phenoxy) is 1. The number of anilines is 1. The molecule has 0 aromatic carbocycles. The summed E-state index contributed by atoms with van der Waals surface area (Å²) < 4.78 is 5.34. The minimum absolute atomic E-state index is 0.185. The number of rotatable bonds is 4. The summed E-state index contributed by atoms with van der Waals surface area (Å²) >= 11 is 0. The lowest BCUT2D eigenvalue weighted by molar-refractivity contribution is -0.143. The second-order valence-corrected chi connectivity index (χ2v) is 7.06. The van der Waals surface area contributed by atoms with E-state index in [9.17, 15) is 14.7 Å². The first-order valence-corrected chi connectivity index (χ1v) is 9.06. The van der Waals surface area contributed by atoms with Crippen molar-refractivity contribution in [1.82, 2.24) is 15.2 Å². The fraction of sp³-hybridized carbons (Fsp3) is 0.611. The van der Waals surface area contributed by atoms with E-state index in [1.165, 1.54) is 0 Å². The van der Waals surface area contributed by atoms with Crippen molar-refractivity contribution in [3.63, 3.8) is 0 Å². The molecule has 2 atom stereocenters. The molecule has 8 nitrogen and oxygen atoms in total. The maximum absolute atomic E-state index is 12.4. The van der Waals surface area contributed by atoms with Crippen LogP contribution in [0.25, 0.3) is 0 Å². The number of hydrogen-bond acceptors (Lipinski definition) is 5. The van der Waals surface area contributed by atoms with Crippen molar-refractivity contribution in [1.29, 1.82) is 0 Å². The topological polar surface area (TPSA) is 95.0 Å². The molecule has 0 saturated carbocycles. The number of carboxylic acids is 1.